The number of carbonyl (C=O) groups is 1. The molecule has 1 amide bonds. The number of piperidine rings is 1. The van der Waals surface area contributed by atoms with Gasteiger partial charge in [-0.05, 0) is 38.3 Å². The van der Waals surface area contributed by atoms with E-state index in [0.717, 1.165) is 42.8 Å². The van der Waals surface area contributed by atoms with Crippen LogP contribution < -0.4 is 0 Å². The third-order valence-corrected chi connectivity index (χ3v) is 5.78. The zero-order valence-corrected chi connectivity index (χ0v) is 16.7. The van der Waals surface area contributed by atoms with Gasteiger partial charge in [0.2, 0.25) is 5.91 Å². The van der Waals surface area contributed by atoms with Gasteiger partial charge in [-0.2, -0.15) is 0 Å². The van der Waals surface area contributed by atoms with Gasteiger partial charge in [-0.1, -0.05) is 6.07 Å². The topological polar surface area (TPSA) is 74.5 Å². The highest BCUT2D eigenvalue weighted by molar-refractivity contribution is 5.83. The molecule has 7 heteroatoms. The van der Waals surface area contributed by atoms with Gasteiger partial charge < -0.3 is 14.6 Å². The van der Waals surface area contributed by atoms with Crippen LogP contribution in [0.25, 0.3) is 0 Å². The Hall–Kier alpha value is -2.25. The van der Waals surface area contributed by atoms with Crippen molar-refractivity contribution in [2.45, 2.75) is 57.8 Å². The number of hydrogen-bond donors (Lipinski definition) is 1. The Morgan fingerprint density at radius 3 is 2.93 bits per heavy atom. The first-order chi connectivity index (χ1) is 13.5. The summed E-state index contributed by atoms with van der Waals surface area (Å²) in [5.74, 6) is 0.0750. The van der Waals surface area contributed by atoms with Crippen molar-refractivity contribution in [2.75, 3.05) is 19.6 Å². The lowest BCUT2D eigenvalue weighted by atomic mass is 9.98. The van der Waals surface area contributed by atoms with Crippen LogP contribution in [0, 0.1) is 0 Å². The summed E-state index contributed by atoms with van der Waals surface area (Å²) in [6.45, 7) is 6.81. The Bertz CT molecular complexity index is 819. The number of aliphatic hydroxyl groups excluding tert-OH is 1. The van der Waals surface area contributed by atoms with E-state index in [1.54, 1.807) is 6.20 Å². The Kier molecular flexibility index (Phi) is 5.46. The van der Waals surface area contributed by atoms with Crippen LogP contribution in [-0.2, 0) is 17.8 Å². The van der Waals surface area contributed by atoms with Gasteiger partial charge in [-0.3, -0.25) is 14.7 Å². The summed E-state index contributed by atoms with van der Waals surface area (Å²) in [4.78, 5) is 26.6. The number of aromatic nitrogens is 3. The second-order valence-electron chi connectivity index (χ2n) is 8.14. The van der Waals surface area contributed by atoms with Gasteiger partial charge in [0.05, 0.1) is 23.8 Å². The third-order valence-electron chi connectivity index (χ3n) is 5.78. The van der Waals surface area contributed by atoms with E-state index < -0.39 is 6.10 Å². The average molecular weight is 383 g/mol. The Morgan fingerprint density at radius 2 is 2.21 bits per heavy atom. The highest BCUT2D eigenvalue weighted by Gasteiger charge is 2.40. The molecule has 0 aliphatic carbocycles. The van der Waals surface area contributed by atoms with Crippen molar-refractivity contribution in [3.05, 3.63) is 47.8 Å². The largest absolute Gasteiger partial charge is 0.391 e. The van der Waals surface area contributed by atoms with E-state index in [-0.39, 0.29) is 18.0 Å². The van der Waals surface area contributed by atoms with Crippen molar-refractivity contribution in [3.63, 3.8) is 0 Å². The van der Waals surface area contributed by atoms with Gasteiger partial charge in [-0.25, -0.2) is 4.98 Å². The van der Waals surface area contributed by atoms with Crippen LogP contribution in [0.1, 0.15) is 55.7 Å². The molecule has 2 atom stereocenters. The first-order valence-corrected chi connectivity index (χ1v) is 10.2. The molecule has 150 valence electrons. The lowest BCUT2D eigenvalue weighted by molar-refractivity contribution is -0.141. The van der Waals surface area contributed by atoms with E-state index in [0.29, 0.717) is 19.6 Å². The summed E-state index contributed by atoms with van der Waals surface area (Å²) in [6.07, 6.45) is 7.52. The van der Waals surface area contributed by atoms with E-state index in [1.807, 2.05) is 23.5 Å². The molecule has 0 unspecified atom stereocenters. The van der Waals surface area contributed by atoms with Crippen LogP contribution >= 0.6 is 0 Å². The number of nitrogens with zero attached hydrogens (tertiary/aromatic N) is 5. The molecular formula is C21H29N5O2. The number of fused-ring (bicyclic) bond motifs is 1. The fourth-order valence-electron chi connectivity index (χ4n) is 4.36. The minimum absolute atomic E-state index is 0.0750. The molecule has 7 nitrogen and oxygen atoms in total. The van der Waals surface area contributed by atoms with Crippen LogP contribution in [0.2, 0.25) is 0 Å². The van der Waals surface area contributed by atoms with Gasteiger partial charge in [0.25, 0.3) is 0 Å². The summed E-state index contributed by atoms with van der Waals surface area (Å²) in [5.41, 5.74) is 3.13. The molecule has 0 aromatic carbocycles. The molecule has 4 heterocycles. The minimum atomic E-state index is -0.428. The maximum atomic E-state index is 13.7. The highest BCUT2D eigenvalue weighted by atomic mass is 16.3. The summed E-state index contributed by atoms with van der Waals surface area (Å²) in [5, 5.41) is 10.1. The van der Waals surface area contributed by atoms with Crippen LogP contribution in [-0.4, -0.2) is 61.1 Å². The zero-order chi connectivity index (χ0) is 19.7. The molecule has 2 aromatic rings. The smallest absolute Gasteiger partial charge is 0.246 e. The molecule has 0 radical (unpaired) electrons. The van der Waals surface area contributed by atoms with Crippen molar-refractivity contribution >= 4 is 5.91 Å². The van der Waals surface area contributed by atoms with Crippen LogP contribution in [0.4, 0.5) is 0 Å². The number of aliphatic hydroxyl groups is 1. The maximum Gasteiger partial charge on any atom is 0.246 e. The third kappa shape index (κ3) is 3.69. The SMILES string of the molecule is CC(C)n1cnc2c1[C@@H](C(=O)N1CCC[C@H](O)C1)N(Cc1cccnc1)CC2. The maximum absolute atomic E-state index is 13.7. The molecule has 1 saturated heterocycles. The van der Waals surface area contributed by atoms with Crippen LogP contribution in [0.15, 0.2) is 30.9 Å². The molecule has 2 aliphatic rings. The molecule has 0 bridgehead atoms. The summed E-state index contributed by atoms with van der Waals surface area (Å²) < 4.78 is 2.13. The Labute approximate surface area is 166 Å². The fourth-order valence-corrected chi connectivity index (χ4v) is 4.36. The second-order valence-corrected chi connectivity index (χ2v) is 8.14. The van der Waals surface area contributed by atoms with E-state index >= 15 is 0 Å². The highest BCUT2D eigenvalue weighted by Crippen LogP contribution is 2.34. The van der Waals surface area contributed by atoms with Crippen molar-refractivity contribution < 1.29 is 9.90 Å². The monoisotopic (exact) mass is 383 g/mol. The molecule has 2 aromatic heterocycles. The van der Waals surface area contributed by atoms with E-state index in [4.69, 9.17) is 0 Å². The van der Waals surface area contributed by atoms with Crippen molar-refractivity contribution in [3.8, 4) is 0 Å². The molecule has 0 saturated carbocycles. The Balaban J connectivity index is 1.69. The minimum Gasteiger partial charge on any atom is -0.391 e. The number of likely N-dealkylation sites (tertiary alicyclic amines) is 1. The summed E-state index contributed by atoms with van der Waals surface area (Å²) in [6, 6.07) is 3.84. The first-order valence-electron chi connectivity index (χ1n) is 10.2. The van der Waals surface area contributed by atoms with E-state index in [2.05, 4.69) is 39.3 Å². The first kappa shape index (κ1) is 19.1. The van der Waals surface area contributed by atoms with Crippen LogP contribution in [0.5, 0.6) is 0 Å². The number of imidazole rings is 1. The lowest BCUT2D eigenvalue weighted by Crippen LogP contribution is -2.50. The normalized spacial score (nSPS) is 23.1. The van der Waals surface area contributed by atoms with Crippen molar-refractivity contribution in [2.24, 2.45) is 0 Å². The fraction of sp³-hybridized carbons (Fsp3) is 0.571. The molecule has 4 rings (SSSR count). The molecule has 1 N–H and O–H groups in total. The summed E-state index contributed by atoms with van der Waals surface area (Å²) in [7, 11) is 0. The number of carbonyl (C=O) groups excluding carboxylic acids is 1. The van der Waals surface area contributed by atoms with Crippen LogP contribution in [0.3, 0.4) is 0 Å². The Morgan fingerprint density at radius 1 is 1.36 bits per heavy atom. The molecule has 1 fully saturated rings. The second kappa shape index (κ2) is 8.01. The van der Waals surface area contributed by atoms with Gasteiger partial charge in [0, 0.05) is 51.0 Å². The zero-order valence-electron chi connectivity index (χ0n) is 16.7. The summed E-state index contributed by atoms with van der Waals surface area (Å²) >= 11 is 0. The van der Waals surface area contributed by atoms with Gasteiger partial charge in [0.15, 0.2) is 0 Å². The van der Waals surface area contributed by atoms with Crippen molar-refractivity contribution in [1.82, 2.24) is 24.3 Å². The average Bonchev–Trinajstić information content (AvgIpc) is 3.12. The predicted octanol–water partition coefficient (Wildman–Crippen LogP) is 1.94. The van der Waals surface area contributed by atoms with E-state index in [1.165, 1.54) is 0 Å². The van der Waals surface area contributed by atoms with Gasteiger partial charge in [-0.15, -0.1) is 0 Å². The molecular weight excluding hydrogens is 354 g/mol. The molecule has 0 spiro atoms. The number of hydrogen-bond acceptors (Lipinski definition) is 5. The molecule has 28 heavy (non-hydrogen) atoms. The van der Waals surface area contributed by atoms with E-state index in [9.17, 15) is 9.90 Å². The van der Waals surface area contributed by atoms with Gasteiger partial charge >= 0.3 is 0 Å². The molecule has 2 aliphatic heterocycles. The lowest BCUT2D eigenvalue weighted by Gasteiger charge is -2.40. The number of pyridine rings is 1. The number of amides is 1. The quantitative estimate of drug-likeness (QED) is 0.873. The van der Waals surface area contributed by atoms with Gasteiger partial charge in [0.1, 0.15) is 6.04 Å². The number of rotatable bonds is 4. The standard InChI is InChI=1S/C21H29N5O2/c1-15(2)26-14-23-18-7-10-24(12-16-5-3-8-22-11-16)20(19(18)26)21(28)25-9-4-6-17(27)13-25/h3,5,8,11,14-15,17,20,27H,4,6-7,9-10,12-13H2,1-2H3/t17-,20-/m0/s1. The number of β-amino-alcohol motifs (C(OH)–C–C–N with tert-alkyl or cyclic N) is 1. The predicted molar refractivity (Wildman–Crippen MR) is 106 cm³/mol. The van der Waals surface area contributed by atoms with Crippen molar-refractivity contribution in [1.29, 1.82) is 0 Å².